The lowest BCUT2D eigenvalue weighted by Gasteiger charge is -2.08. The third-order valence-corrected chi connectivity index (χ3v) is 2.88. The molecule has 1 aliphatic carbocycles. The Bertz CT molecular complexity index is 542. The highest BCUT2D eigenvalue weighted by molar-refractivity contribution is 6.02. The Balaban J connectivity index is 2.45. The fraction of sp³-hybridized carbons (Fsp3) is 0.308. The highest BCUT2D eigenvalue weighted by atomic mass is 16.1. The molecule has 0 spiro atoms. The summed E-state index contributed by atoms with van der Waals surface area (Å²) in [6.07, 6.45) is 7.12. The molecule has 18 heavy (non-hydrogen) atoms. The molecule has 5 heteroatoms. The molecule has 0 bridgehead atoms. The number of hydrogen-bond donors (Lipinski definition) is 2. The maximum atomic E-state index is 11.8. The first-order chi connectivity index (χ1) is 8.58. The van der Waals surface area contributed by atoms with Crippen molar-refractivity contribution in [1.82, 2.24) is 4.98 Å². The number of fused-ring (bicyclic) bond motifs is 1. The standard InChI is InChI=1S/C13H16N4O/c1-8-10(12(18)17-13(14)15)7-9-5-3-2-4-6-11(9)16-8/h4,6-7H,2-3,5H2,1H3,(H4,14,15,17,18). The average molecular weight is 244 g/mol. The number of hydrogen-bond acceptors (Lipinski definition) is 2. The number of pyridine rings is 1. The number of aromatic nitrogens is 1. The molecule has 1 aromatic rings. The van der Waals surface area contributed by atoms with E-state index in [1.807, 2.05) is 12.1 Å². The van der Waals surface area contributed by atoms with Crippen LogP contribution in [-0.4, -0.2) is 16.9 Å². The van der Waals surface area contributed by atoms with Gasteiger partial charge in [-0.2, -0.15) is 4.99 Å². The molecule has 5 nitrogen and oxygen atoms in total. The molecule has 0 atom stereocenters. The van der Waals surface area contributed by atoms with Crippen molar-refractivity contribution in [3.63, 3.8) is 0 Å². The lowest BCUT2D eigenvalue weighted by Crippen LogP contribution is -2.24. The Hall–Kier alpha value is -2.17. The Morgan fingerprint density at radius 1 is 1.44 bits per heavy atom. The smallest absolute Gasteiger partial charge is 0.282 e. The second-order valence-corrected chi connectivity index (χ2v) is 4.30. The summed E-state index contributed by atoms with van der Waals surface area (Å²) in [5, 5.41) is 0. The summed E-state index contributed by atoms with van der Waals surface area (Å²) in [6.45, 7) is 1.79. The van der Waals surface area contributed by atoms with Gasteiger partial charge in [0.25, 0.3) is 5.91 Å². The van der Waals surface area contributed by atoms with E-state index in [4.69, 9.17) is 11.5 Å². The van der Waals surface area contributed by atoms with Gasteiger partial charge in [0, 0.05) is 0 Å². The summed E-state index contributed by atoms with van der Waals surface area (Å²) in [4.78, 5) is 19.8. The van der Waals surface area contributed by atoms with Crippen LogP contribution in [0.5, 0.6) is 0 Å². The second-order valence-electron chi connectivity index (χ2n) is 4.30. The Labute approximate surface area is 106 Å². The van der Waals surface area contributed by atoms with Crippen molar-refractivity contribution in [1.29, 1.82) is 0 Å². The number of carbonyl (C=O) groups excluding carboxylic acids is 1. The molecule has 0 unspecified atom stereocenters. The van der Waals surface area contributed by atoms with Crippen LogP contribution in [0.3, 0.4) is 0 Å². The van der Waals surface area contributed by atoms with E-state index in [0.717, 1.165) is 30.5 Å². The molecule has 1 heterocycles. The number of nitrogens with two attached hydrogens (primary N) is 2. The van der Waals surface area contributed by atoms with Crippen molar-refractivity contribution < 1.29 is 4.79 Å². The summed E-state index contributed by atoms with van der Waals surface area (Å²) >= 11 is 0. The first kappa shape index (κ1) is 12.3. The number of aliphatic imine (C=N–C) groups is 1. The van der Waals surface area contributed by atoms with Gasteiger partial charge in [-0.1, -0.05) is 6.08 Å². The minimum Gasteiger partial charge on any atom is -0.370 e. The predicted molar refractivity (Wildman–Crippen MR) is 71.1 cm³/mol. The van der Waals surface area contributed by atoms with E-state index in [-0.39, 0.29) is 5.96 Å². The third kappa shape index (κ3) is 2.56. The molecular formula is C13H16N4O. The van der Waals surface area contributed by atoms with Gasteiger partial charge in [0.1, 0.15) is 0 Å². The molecular weight excluding hydrogens is 228 g/mol. The highest BCUT2D eigenvalue weighted by Gasteiger charge is 2.14. The van der Waals surface area contributed by atoms with Gasteiger partial charge >= 0.3 is 0 Å². The highest BCUT2D eigenvalue weighted by Crippen LogP contribution is 2.20. The Morgan fingerprint density at radius 2 is 2.22 bits per heavy atom. The molecule has 1 amide bonds. The number of nitrogens with zero attached hydrogens (tertiary/aromatic N) is 2. The molecule has 0 radical (unpaired) electrons. The minimum atomic E-state index is -0.434. The number of amides is 1. The molecule has 1 aromatic heterocycles. The lowest BCUT2D eigenvalue weighted by atomic mass is 10.0. The quantitative estimate of drug-likeness (QED) is 0.572. The Kier molecular flexibility index (Phi) is 3.41. The van der Waals surface area contributed by atoms with Gasteiger partial charge in [0.05, 0.1) is 17.0 Å². The van der Waals surface area contributed by atoms with Crippen molar-refractivity contribution in [2.24, 2.45) is 16.5 Å². The van der Waals surface area contributed by atoms with Crippen molar-refractivity contribution >= 4 is 17.9 Å². The molecule has 0 saturated heterocycles. The van der Waals surface area contributed by atoms with Crippen LogP contribution >= 0.6 is 0 Å². The summed E-state index contributed by atoms with van der Waals surface area (Å²) in [7, 11) is 0. The molecule has 2 rings (SSSR count). The second kappa shape index (κ2) is 5.00. The van der Waals surface area contributed by atoms with Crippen molar-refractivity contribution in [2.45, 2.75) is 26.2 Å². The largest absolute Gasteiger partial charge is 0.370 e. The van der Waals surface area contributed by atoms with Crippen LogP contribution in [0, 0.1) is 6.92 Å². The van der Waals surface area contributed by atoms with Crippen LogP contribution < -0.4 is 11.5 Å². The number of carbonyl (C=O) groups is 1. The number of rotatable bonds is 1. The van der Waals surface area contributed by atoms with Gasteiger partial charge in [-0.15, -0.1) is 0 Å². The third-order valence-electron chi connectivity index (χ3n) is 2.88. The first-order valence-electron chi connectivity index (χ1n) is 5.89. The molecule has 0 saturated carbocycles. The van der Waals surface area contributed by atoms with Crippen molar-refractivity contribution in [3.05, 3.63) is 34.7 Å². The summed E-state index contributed by atoms with van der Waals surface area (Å²) < 4.78 is 0. The normalized spacial score (nSPS) is 13.6. The Morgan fingerprint density at radius 3 is 2.94 bits per heavy atom. The zero-order valence-corrected chi connectivity index (χ0v) is 10.3. The molecule has 4 N–H and O–H groups in total. The number of guanidine groups is 1. The van der Waals surface area contributed by atoms with Crippen molar-refractivity contribution in [3.8, 4) is 0 Å². The van der Waals surface area contributed by atoms with Gasteiger partial charge in [0.2, 0.25) is 0 Å². The van der Waals surface area contributed by atoms with E-state index in [2.05, 4.69) is 16.1 Å². The van der Waals surface area contributed by atoms with E-state index in [1.54, 1.807) is 6.92 Å². The molecule has 0 aliphatic heterocycles. The van der Waals surface area contributed by atoms with Crippen LogP contribution in [0.15, 0.2) is 17.1 Å². The summed E-state index contributed by atoms with van der Waals surface area (Å²) in [5.41, 5.74) is 13.6. The zero-order chi connectivity index (χ0) is 13.1. The van der Waals surface area contributed by atoms with Gasteiger partial charge in [-0.3, -0.25) is 9.78 Å². The van der Waals surface area contributed by atoms with E-state index in [0.29, 0.717) is 11.3 Å². The zero-order valence-electron chi connectivity index (χ0n) is 10.3. The molecule has 94 valence electrons. The van der Waals surface area contributed by atoms with Crippen molar-refractivity contribution in [2.75, 3.05) is 0 Å². The van der Waals surface area contributed by atoms with Gasteiger partial charge < -0.3 is 11.5 Å². The van der Waals surface area contributed by atoms with E-state index in [9.17, 15) is 4.79 Å². The lowest BCUT2D eigenvalue weighted by molar-refractivity contribution is 0.100. The number of allylic oxidation sites excluding steroid dienone is 1. The molecule has 1 aliphatic rings. The average Bonchev–Trinajstić information content (AvgIpc) is 2.51. The fourth-order valence-electron chi connectivity index (χ4n) is 2.01. The van der Waals surface area contributed by atoms with Crippen LogP contribution in [-0.2, 0) is 6.42 Å². The fourth-order valence-corrected chi connectivity index (χ4v) is 2.01. The maximum absolute atomic E-state index is 11.8. The van der Waals surface area contributed by atoms with Crippen LogP contribution in [0.25, 0.3) is 6.08 Å². The van der Waals surface area contributed by atoms with E-state index >= 15 is 0 Å². The van der Waals surface area contributed by atoms with E-state index in [1.165, 1.54) is 0 Å². The SMILES string of the molecule is Cc1nc2c(cc1C(=O)N=C(N)N)CCCC=C2. The number of aryl methyl sites for hydroxylation is 2. The van der Waals surface area contributed by atoms with Crippen LogP contribution in [0.2, 0.25) is 0 Å². The first-order valence-corrected chi connectivity index (χ1v) is 5.89. The van der Waals surface area contributed by atoms with Gasteiger partial charge in [-0.05, 0) is 43.9 Å². The topological polar surface area (TPSA) is 94.4 Å². The summed E-state index contributed by atoms with van der Waals surface area (Å²) in [5.74, 6) is -0.662. The maximum Gasteiger partial charge on any atom is 0.282 e. The van der Waals surface area contributed by atoms with Gasteiger partial charge in [0.15, 0.2) is 5.96 Å². The van der Waals surface area contributed by atoms with Crippen LogP contribution in [0.1, 0.15) is 40.2 Å². The predicted octanol–water partition coefficient (Wildman–Crippen LogP) is 1.15. The van der Waals surface area contributed by atoms with Crippen LogP contribution in [0.4, 0.5) is 0 Å². The summed E-state index contributed by atoms with van der Waals surface area (Å²) in [6, 6.07) is 1.85. The molecule has 0 fully saturated rings. The van der Waals surface area contributed by atoms with Gasteiger partial charge in [-0.25, -0.2) is 0 Å². The molecule has 0 aromatic carbocycles. The monoisotopic (exact) mass is 244 g/mol. The van der Waals surface area contributed by atoms with E-state index < -0.39 is 5.91 Å². The minimum absolute atomic E-state index is 0.228.